The summed E-state index contributed by atoms with van der Waals surface area (Å²) in [7, 11) is 0. The molecule has 0 atom stereocenters. The van der Waals surface area contributed by atoms with Gasteiger partial charge in [-0.3, -0.25) is 9.59 Å². The highest BCUT2D eigenvalue weighted by atomic mass is 16.5. The molecule has 0 bridgehead atoms. The second kappa shape index (κ2) is 8.65. The van der Waals surface area contributed by atoms with Gasteiger partial charge in [-0.2, -0.15) is 0 Å². The number of ketones is 1. The van der Waals surface area contributed by atoms with E-state index in [1.165, 1.54) is 5.56 Å². The van der Waals surface area contributed by atoms with E-state index in [2.05, 4.69) is 24.3 Å². The molecule has 1 fully saturated rings. The lowest BCUT2D eigenvalue weighted by Gasteiger charge is -2.32. The Kier molecular flexibility index (Phi) is 6.05. The molecule has 0 aromatic heterocycles. The molecule has 4 heteroatoms. The maximum Gasteiger partial charge on any atom is 0.260 e. The summed E-state index contributed by atoms with van der Waals surface area (Å²) in [4.78, 5) is 25.9. The lowest BCUT2D eigenvalue weighted by atomic mass is 9.89. The number of benzene rings is 2. The lowest BCUT2D eigenvalue weighted by molar-refractivity contribution is -0.134. The molecule has 1 amide bonds. The number of Topliss-reactive ketones (excluding diaryl/α,β-unsaturated/α-hetero) is 1. The molecular weight excluding hydrogens is 326 g/mol. The first-order valence-electron chi connectivity index (χ1n) is 9.26. The number of likely N-dealkylation sites (tertiary alicyclic amines) is 1. The van der Waals surface area contributed by atoms with Crippen molar-refractivity contribution in [1.82, 2.24) is 4.90 Å². The number of rotatable bonds is 6. The summed E-state index contributed by atoms with van der Waals surface area (Å²) in [5, 5.41) is 0. The van der Waals surface area contributed by atoms with Crippen molar-refractivity contribution in [3.63, 3.8) is 0 Å². The highest BCUT2D eigenvalue weighted by Crippen LogP contribution is 2.27. The maximum atomic E-state index is 12.4. The first-order valence-corrected chi connectivity index (χ1v) is 9.26. The van der Waals surface area contributed by atoms with Crippen LogP contribution in [0.25, 0.3) is 0 Å². The number of hydrogen-bond donors (Lipinski definition) is 0. The topological polar surface area (TPSA) is 46.6 Å². The van der Waals surface area contributed by atoms with Crippen LogP contribution in [0.2, 0.25) is 0 Å². The van der Waals surface area contributed by atoms with E-state index in [1.54, 1.807) is 24.3 Å². The number of piperidine rings is 1. The fraction of sp³-hybridized carbons (Fsp3) is 0.364. The summed E-state index contributed by atoms with van der Waals surface area (Å²) < 4.78 is 5.60. The Hall–Kier alpha value is -2.62. The van der Waals surface area contributed by atoms with Crippen molar-refractivity contribution < 1.29 is 14.3 Å². The summed E-state index contributed by atoms with van der Waals surface area (Å²) >= 11 is 0. The number of carbonyl (C=O) groups is 2. The molecule has 1 aliphatic rings. The Bertz CT molecular complexity index is 732. The minimum atomic E-state index is 0.0187. The van der Waals surface area contributed by atoms with Crippen molar-refractivity contribution >= 4 is 11.7 Å². The summed E-state index contributed by atoms with van der Waals surface area (Å²) in [5.41, 5.74) is 2.03. The Balaban J connectivity index is 1.46. The fourth-order valence-electron chi connectivity index (χ4n) is 3.36. The third-order valence-electron chi connectivity index (χ3n) is 4.98. The van der Waals surface area contributed by atoms with Gasteiger partial charge in [0.05, 0.1) is 0 Å². The Morgan fingerprint density at radius 2 is 1.65 bits per heavy atom. The highest BCUT2D eigenvalue weighted by molar-refractivity contribution is 5.95. The molecule has 0 N–H and O–H groups in total. The Morgan fingerprint density at radius 1 is 1.00 bits per heavy atom. The number of ether oxygens (including phenoxy) is 1. The molecule has 136 valence electrons. The second-order valence-corrected chi connectivity index (χ2v) is 6.66. The van der Waals surface area contributed by atoms with E-state index in [-0.39, 0.29) is 18.3 Å². The zero-order chi connectivity index (χ0) is 18.4. The molecule has 26 heavy (non-hydrogen) atoms. The quantitative estimate of drug-likeness (QED) is 0.737. The van der Waals surface area contributed by atoms with Gasteiger partial charge in [0.2, 0.25) is 0 Å². The second-order valence-electron chi connectivity index (χ2n) is 6.66. The van der Waals surface area contributed by atoms with E-state index in [0.717, 1.165) is 25.9 Å². The van der Waals surface area contributed by atoms with Crippen LogP contribution in [0, 0.1) is 0 Å². The molecular formula is C22H25NO3. The van der Waals surface area contributed by atoms with E-state index in [0.29, 0.717) is 23.7 Å². The molecule has 0 spiro atoms. The van der Waals surface area contributed by atoms with E-state index >= 15 is 0 Å². The maximum absolute atomic E-state index is 12.4. The van der Waals surface area contributed by atoms with Gasteiger partial charge in [-0.15, -0.1) is 0 Å². The predicted octanol–water partition coefficient (Wildman–Crippen LogP) is 4.06. The van der Waals surface area contributed by atoms with Crippen molar-refractivity contribution in [3.8, 4) is 5.75 Å². The normalized spacial score (nSPS) is 14.9. The van der Waals surface area contributed by atoms with Crippen LogP contribution in [0.5, 0.6) is 5.75 Å². The summed E-state index contributed by atoms with van der Waals surface area (Å²) in [6.07, 6.45) is 2.46. The van der Waals surface area contributed by atoms with Crippen LogP contribution in [0.4, 0.5) is 0 Å². The highest BCUT2D eigenvalue weighted by Gasteiger charge is 2.23. The van der Waals surface area contributed by atoms with Crippen LogP contribution in [-0.4, -0.2) is 36.3 Å². The number of amides is 1. The molecule has 1 aliphatic heterocycles. The molecule has 3 rings (SSSR count). The minimum absolute atomic E-state index is 0.0187. The number of hydrogen-bond acceptors (Lipinski definition) is 3. The van der Waals surface area contributed by atoms with E-state index in [9.17, 15) is 9.59 Å². The van der Waals surface area contributed by atoms with Crippen LogP contribution >= 0.6 is 0 Å². The molecule has 1 heterocycles. The molecule has 2 aromatic carbocycles. The first-order chi connectivity index (χ1) is 12.7. The molecule has 4 nitrogen and oxygen atoms in total. The van der Waals surface area contributed by atoms with E-state index in [4.69, 9.17) is 4.74 Å². The van der Waals surface area contributed by atoms with Crippen LogP contribution in [0.15, 0.2) is 54.6 Å². The molecule has 2 aromatic rings. The number of carbonyl (C=O) groups excluding carboxylic acids is 2. The molecule has 0 aliphatic carbocycles. The van der Waals surface area contributed by atoms with E-state index < -0.39 is 0 Å². The van der Waals surface area contributed by atoms with Gasteiger partial charge in [0.15, 0.2) is 12.4 Å². The molecule has 0 saturated carbocycles. The van der Waals surface area contributed by atoms with Crippen molar-refractivity contribution in [3.05, 3.63) is 65.7 Å². The van der Waals surface area contributed by atoms with Crippen molar-refractivity contribution in [2.45, 2.75) is 32.1 Å². The third-order valence-corrected chi connectivity index (χ3v) is 4.98. The average Bonchev–Trinajstić information content (AvgIpc) is 2.72. The zero-order valence-corrected chi connectivity index (χ0v) is 15.2. The van der Waals surface area contributed by atoms with Crippen molar-refractivity contribution in [2.75, 3.05) is 19.7 Å². The van der Waals surface area contributed by atoms with Gasteiger partial charge in [-0.25, -0.2) is 0 Å². The van der Waals surface area contributed by atoms with Gasteiger partial charge in [-0.05, 0) is 48.6 Å². The smallest absolute Gasteiger partial charge is 0.260 e. The van der Waals surface area contributed by atoms with E-state index in [1.807, 2.05) is 17.9 Å². The third kappa shape index (κ3) is 4.51. The van der Waals surface area contributed by atoms with Crippen molar-refractivity contribution in [1.29, 1.82) is 0 Å². The van der Waals surface area contributed by atoms with Crippen LogP contribution in [-0.2, 0) is 4.79 Å². The fourth-order valence-corrected chi connectivity index (χ4v) is 3.36. The predicted molar refractivity (Wildman–Crippen MR) is 102 cm³/mol. The Morgan fingerprint density at radius 3 is 2.27 bits per heavy atom. The summed E-state index contributed by atoms with van der Waals surface area (Å²) in [6.45, 7) is 3.42. The lowest BCUT2D eigenvalue weighted by Crippen LogP contribution is -2.40. The van der Waals surface area contributed by atoms with Crippen LogP contribution in [0.3, 0.4) is 0 Å². The molecule has 0 unspecified atom stereocenters. The van der Waals surface area contributed by atoms with Crippen molar-refractivity contribution in [2.24, 2.45) is 0 Å². The largest absolute Gasteiger partial charge is 0.484 e. The van der Waals surface area contributed by atoms with Gasteiger partial charge in [0.25, 0.3) is 5.91 Å². The zero-order valence-electron chi connectivity index (χ0n) is 15.2. The molecule has 0 radical (unpaired) electrons. The van der Waals surface area contributed by atoms with Gasteiger partial charge < -0.3 is 9.64 Å². The molecule has 1 saturated heterocycles. The van der Waals surface area contributed by atoms with Gasteiger partial charge >= 0.3 is 0 Å². The average molecular weight is 351 g/mol. The summed E-state index contributed by atoms with van der Waals surface area (Å²) in [6, 6.07) is 17.5. The monoisotopic (exact) mass is 351 g/mol. The van der Waals surface area contributed by atoms with Gasteiger partial charge in [0.1, 0.15) is 5.75 Å². The Labute approximate surface area is 154 Å². The van der Waals surface area contributed by atoms with Gasteiger partial charge in [0, 0.05) is 25.1 Å². The first kappa shape index (κ1) is 18.2. The van der Waals surface area contributed by atoms with Crippen LogP contribution < -0.4 is 4.74 Å². The van der Waals surface area contributed by atoms with Crippen LogP contribution in [0.1, 0.15) is 48.0 Å². The minimum Gasteiger partial charge on any atom is -0.484 e. The standard InChI is InChI=1S/C22H25NO3/c1-2-21(24)19-8-10-20(11-9-19)26-16-22(25)23-14-12-18(13-15-23)17-6-4-3-5-7-17/h3-11,18H,2,12-16H2,1H3. The summed E-state index contributed by atoms with van der Waals surface area (Å²) in [5.74, 6) is 1.27. The van der Waals surface area contributed by atoms with Gasteiger partial charge in [-0.1, -0.05) is 37.3 Å². The SMILES string of the molecule is CCC(=O)c1ccc(OCC(=O)N2CCC(c3ccccc3)CC2)cc1. The number of nitrogens with zero attached hydrogens (tertiary/aromatic N) is 1.